The Hall–Kier alpha value is -2.50. The third-order valence-corrected chi connectivity index (χ3v) is 4.55. The summed E-state index contributed by atoms with van der Waals surface area (Å²) in [6, 6.07) is 7.43. The van der Waals surface area contributed by atoms with Gasteiger partial charge >= 0.3 is 6.09 Å². The van der Waals surface area contributed by atoms with Crippen LogP contribution in [0, 0.1) is 5.92 Å². The van der Waals surface area contributed by atoms with Crippen LogP contribution < -0.4 is 5.32 Å². The van der Waals surface area contributed by atoms with Crippen LogP contribution in [0.5, 0.6) is 0 Å². The second kappa shape index (κ2) is 7.25. The number of nitrogens with zero attached hydrogens (tertiary/aromatic N) is 1. The number of ether oxygens (including phenoxy) is 1. The lowest BCUT2D eigenvalue weighted by Gasteiger charge is -2.27. The summed E-state index contributed by atoms with van der Waals surface area (Å²) in [5.74, 6) is 0.269. The molecule has 2 N–H and O–H groups in total. The van der Waals surface area contributed by atoms with Gasteiger partial charge in [-0.25, -0.2) is 4.79 Å². The average Bonchev–Trinajstić information content (AvgIpc) is 2.82. The first-order valence-corrected chi connectivity index (χ1v) is 9.51. The Morgan fingerprint density at radius 1 is 1.33 bits per heavy atom. The number of aromatic amines is 1. The van der Waals surface area contributed by atoms with Gasteiger partial charge in [0.15, 0.2) is 0 Å². The Morgan fingerprint density at radius 2 is 2.04 bits per heavy atom. The molecule has 0 saturated heterocycles. The number of fused-ring (bicyclic) bond motifs is 3. The highest BCUT2D eigenvalue weighted by Crippen LogP contribution is 2.28. The average molecular weight is 371 g/mol. The summed E-state index contributed by atoms with van der Waals surface area (Å²) >= 11 is 0. The highest BCUT2D eigenvalue weighted by Gasteiger charge is 2.33. The van der Waals surface area contributed by atoms with Crippen molar-refractivity contribution >= 4 is 22.9 Å². The third kappa shape index (κ3) is 4.43. The monoisotopic (exact) mass is 371 g/mol. The maximum Gasteiger partial charge on any atom is 0.408 e. The first-order valence-electron chi connectivity index (χ1n) is 9.51. The lowest BCUT2D eigenvalue weighted by atomic mass is 10.0. The van der Waals surface area contributed by atoms with E-state index in [2.05, 4.69) is 30.2 Å². The molecule has 0 aliphatic carbocycles. The number of carbonyl (C=O) groups is 2. The molecule has 2 aromatic rings. The van der Waals surface area contributed by atoms with Gasteiger partial charge in [-0.15, -0.1) is 0 Å². The molecule has 146 valence electrons. The molecule has 0 radical (unpaired) electrons. The molecule has 0 unspecified atom stereocenters. The van der Waals surface area contributed by atoms with Gasteiger partial charge in [-0.2, -0.15) is 0 Å². The number of alkyl carbamates (subject to hydrolysis) is 1. The summed E-state index contributed by atoms with van der Waals surface area (Å²) in [5.41, 5.74) is 2.57. The maximum absolute atomic E-state index is 13.1. The molecule has 27 heavy (non-hydrogen) atoms. The fourth-order valence-electron chi connectivity index (χ4n) is 3.56. The van der Waals surface area contributed by atoms with Crippen LogP contribution in [0.25, 0.3) is 10.9 Å². The predicted octanol–water partition coefficient (Wildman–Crippen LogP) is 3.60. The molecule has 0 saturated carbocycles. The summed E-state index contributed by atoms with van der Waals surface area (Å²) in [4.78, 5) is 30.7. The fraction of sp³-hybridized carbons (Fsp3) is 0.524. The second-order valence-corrected chi connectivity index (χ2v) is 8.64. The minimum atomic E-state index is -0.640. The van der Waals surface area contributed by atoms with Crippen LogP contribution in [0.3, 0.4) is 0 Å². The normalized spacial score (nSPS) is 17.8. The fourth-order valence-corrected chi connectivity index (χ4v) is 3.56. The van der Waals surface area contributed by atoms with Crippen molar-refractivity contribution in [2.45, 2.75) is 59.2 Å². The lowest BCUT2D eigenvalue weighted by molar-refractivity contribution is -0.134. The summed E-state index contributed by atoms with van der Waals surface area (Å²) in [7, 11) is 0. The van der Waals surface area contributed by atoms with E-state index in [9.17, 15) is 9.59 Å². The smallest absolute Gasteiger partial charge is 0.408 e. The Balaban J connectivity index is 1.94. The van der Waals surface area contributed by atoms with E-state index in [-0.39, 0.29) is 5.91 Å². The number of H-pyrrole nitrogens is 1. The van der Waals surface area contributed by atoms with Crippen molar-refractivity contribution in [3.8, 4) is 0 Å². The number of hydrogen-bond donors (Lipinski definition) is 2. The number of nitrogens with one attached hydrogen (secondary N) is 2. The van der Waals surface area contributed by atoms with Crippen LogP contribution in [-0.2, 0) is 22.5 Å². The van der Waals surface area contributed by atoms with Crippen LogP contribution in [0.2, 0.25) is 0 Å². The van der Waals surface area contributed by atoms with Gasteiger partial charge in [0.05, 0.1) is 6.54 Å². The molecule has 1 atom stereocenters. The first-order chi connectivity index (χ1) is 12.6. The summed E-state index contributed by atoms with van der Waals surface area (Å²) in [6.45, 7) is 10.8. The first kappa shape index (κ1) is 19.3. The van der Waals surface area contributed by atoms with Crippen LogP contribution in [0.1, 0.15) is 45.9 Å². The van der Waals surface area contributed by atoms with E-state index >= 15 is 0 Å². The number of benzene rings is 1. The van der Waals surface area contributed by atoms with Crippen LogP contribution >= 0.6 is 0 Å². The van der Waals surface area contributed by atoms with Crippen molar-refractivity contribution in [1.82, 2.24) is 15.2 Å². The van der Waals surface area contributed by atoms with E-state index in [1.54, 1.807) is 0 Å². The second-order valence-electron chi connectivity index (χ2n) is 8.64. The van der Waals surface area contributed by atoms with Gasteiger partial charge in [0.1, 0.15) is 11.6 Å². The molecule has 6 heteroatoms. The number of carbonyl (C=O) groups excluding carboxylic acids is 2. The molecule has 2 heterocycles. The van der Waals surface area contributed by atoms with E-state index in [4.69, 9.17) is 4.74 Å². The number of hydrogen-bond acceptors (Lipinski definition) is 3. The molecular formula is C21H29N3O3. The lowest BCUT2D eigenvalue weighted by Crippen LogP contribution is -2.50. The molecule has 1 aromatic heterocycles. The van der Waals surface area contributed by atoms with Gasteiger partial charge in [0.2, 0.25) is 5.91 Å². The summed E-state index contributed by atoms with van der Waals surface area (Å²) in [6.07, 6.45) is -0.111. The zero-order valence-electron chi connectivity index (χ0n) is 16.8. The van der Waals surface area contributed by atoms with Gasteiger partial charge in [0.25, 0.3) is 0 Å². The van der Waals surface area contributed by atoms with Gasteiger partial charge in [-0.3, -0.25) is 4.79 Å². The molecule has 6 nitrogen and oxygen atoms in total. The van der Waals surface area contributed by atoms with E-state index in [0.717, 1.165) is 22.2 Å². The van der Waals surface area contributed by atoms with E-state index in [0.29, 0.717) is 25.4 Å². The molecular weight excluding hydrogens is 342 g/mol. The van der Waals surface area contributed by atoms with Crippen molar-refractivity contribution in [3.63, 3.8) is 0 Å². The van der Waals surface area contributed by atoms with Gasteiger partial charge in [-0.05, 0) is 38.3 Å². The number of rotatable bonds is 3. The summed E-state index contributed by atoms with van der Waals surface area (Å²) in [5, 5.41) is 3.90. The topological polar surface area (TPSA) is 74.4 Å². The molecule has 1 aliphatic rings. The van der Waals surface area contributed by atoms with Gasteiger partial charge < -0.3 is 19.9 Å². The van der Waals surface area contributed by atoms with Crippen molar-refractivity contribution in [2.24, 2.45) is 5.92 Å². The Labute approximate surface area is 160 Å². The van der Waals surface area contributed by atoms with Crippen LogP contribution in [-0.4, -0.2) is 40.1 Å². The van der Waals surface area contributed by atoms with Gasteiger partial charge in [0, 0.05) is 29.6 Å². The van der Waals surface area contributed by atoms with E-state index in [1.807, 2.05) is 43.9 Å². The number of aromatic nitrogens is 1. The molecule has 1 aromatic carbocycles. The minimum absolute atomic E-state index is 0.0664. The van der Waals surface area contributed by atoms with Crippen LogP contribution in [0.15, 0.2) is 24.3 Å². The largest absolute Gasteiger partial charge is 0.444 e. The van der Waals surface area contributed by atoms with Crippen molar-refractivity contribution in [2.75, 3.05) is 6.54 Å². The van der Waals surface area contributed by atoms with Gasteiger partial charge in [-0.1, -0.05) is 32.0 Å². The van der Waals surface area contributed by atoms with Crippen LogP contribution in [0.4, 0.5) is 4.79 Å². The molecule has 0 bridgehead atoms. The van der Waals surface area contributed by atoms with E-state index < -0.39 is 17.7 Å². The molecule has 2 amide bonds. The Bertz CT molecular complexity index is 848. The molecule has 1 aliphatic heterocycles. The van der Waals surface area contributed by atoms with Crippen molar-refractivity contribution < 1.29 is 14.3 Å². The molecule has 0 fully saturated rings. The molecule has 0 spiro atoms. The zero-order chi connectivity index (χ0) is 19.8. The minimum Gasteiger partial charge on any atom is -0.444 e. The number of para-hydroxylation sites is 1. The highest BCUT2D eigenvalue weighted by atomic mass is 16.6. The highest BCUT2D eigenvalue weighted by molar-refractivity contribution is 5.90. The Kier molecular flexibility index (Phi) is 5.18. The maximum atomic E-state index is 13.1. The van der Waals surface area contributed by atoms with Crippen molar-refractivity contribution in [1.29, 1.82) is 0 Å². The quantitative estimate of drug-likeness (QED) is 0.866. The Morgan fingerprint density at radius 3 is 2.70 bits per heavy atom. The summed E-state index contributed by atoms with van der Waals surface area (Å²) < 4.78 is 5.37. The molecule has 3 rings (SSSR count). The zero-order valence-corrected chi connectivity index (χ0v) is 16.8. The third-order valence-electron chi connectivity index (χ3n) is 4.55. The standard InChI is InChI=1S/C21H29N3O3/c1-13(2)11-24-12-18-15(14-8-6-7-9-16(14)22-18)10-17(19(24)25)23-20(26)27-21(3,4)5/h6-9,13,17,22H,10-12H2,1-5H3,(H,23,26)/t17-/m0/s1. The SMILES string of the molecule is CC(C)CN1Cc2[nH]c3ccccc3c2C[C@H](NC(=O)OC(C)(C)C)C1=O. The van der Waals surface area contributed by atoms with Crippen molar-refractivity contribution in [3.05, 3.63) is 35.5 Å². The number of amides is 2. The van der Waals surface area contributed by atoms with E-state index in [1.165, 1.54) is 0 Å². The predicted molar refractivity (Wildman–Crippen MR) is 105 cm³/mol.